The Morgan fingerprint density at radius 2 is 1.90 bits per heavy atom. The number of anilines is 1. The number of carbonyl (C=O) groups excluding carboxylic acids is 2. The molecule has 0 atom stereocenters. The molecule has 0 aliphatic heterocycles. The van der Waals surface area contributed by atoms with E-state index in [1.807, 2.05) is 33.9 Å². The molecule has 1 fully saturated rings. The number of nitrogens with zero attached hydrogens (tertiary/aromatic N) is 4. The molecule has 2 aromatic heterocycles. The van der Waals surface area contributed by atoms with Gasteiger partial charge >= 0.3 is 0 Å². The van der Waals surface area contributed by atoms with Crippen molar-refractivity contribution in [2.24, 2.45) is 7.05 Å². The van der Waals surface area contributed by atoms with Crippen molar-refractivity contribution in [3.8, 4) is 0 Å². The minimum Gasteiger partial charge on any atom is -0.339 e. The molecule has 1 aromatic carbocycles. The van der Waals surface area contributed by atoms with E-state index in [0.29, 0.717) is 46.5 Å². The summed E-state index contributed by atoms with van der Waals surface area (Å²) >= 11 is 6.39. The maximum absolute atomic E-state index is 13.2. The lowest BCUT2D eigenvalue weighted by molar-refractivity contribution is 0.0773. The fourth-order valence-electron chi connectivity index (χ4n) is 3.88. The molecule has 1 aliphatic carbocycles. The molecule has 1 aliphatic rings. The Morgan fingerprint density at radius 3 is 2.52 bits per heavy atom. The summed E-state index contributed by atoms with van der Waals surface area (Å²) in [6.07, 6.45) is 2.18. The first-order chi connectivity index (χ1) is 14.8. The summed E-state index contributed by atoms with van der Waals surface area (Å²) in [5, 5.41) is 8.44. The Morgan fingerprint density at radius 1 is 1.19 bits per heavy atom. The van der Waals surface area contributed by atoms with Crippen molar-refractivity contribution >= 4 is 40.1 Å². The minimum absolute atomic E-state index is 0.122. The average Bonchev–Trinajstić information content (AvgIpc) is 3.54. The lowest BCUT2D eigenvalue weighted by Gasteiger charge is -2.19. The van der Waals surface area contributed by atoms with Gasteiger partial charge in [0.05, 0.1) is 27.2 Å². The number of hydrogen-bond acceptors (Lipinski definition) is 4. The van der Waals surface area contributed by atoms with E-state index < -0.39 is 0 Å². The Bertz CT molecular complexity index is 1180. The van der Waals surface area contributed by atoms with Gasteiger partial charge in [-0.2, -0.15) is 5.10 Å². The lowest BCUT2D eigenvalue weighted by Crippen LogP contribution is -2.30. The molecule has 0 radical (unpaired) electrons. The first-order valence-corrected chi connectivity index (χ1v) is 11.0. The zero-order valence-electron chi connectivity index (χ0n) is 18.2. The molecule has 0 unspecified atom stereocenters. The Labute approximate surface area is 186 Å². The van der Waals surface area contributed by atoms with Crippen molar-refractivity contribution in [2.45, 2.75) is 39.5 Å². The normalized spacial score (nSPS) is 13.5. The topological polar surface area (TPSA) is 80.1 Å². The van der Waals surface area contributed by atoms with Crippen LogP contribution in [0.2, 0.25) is 5.02 Å². The second-order valence-corrected chi connectivity index (χ2v) is 8.31. The van der Waals surface area contributed by atoms with E-state index in [1.54, 1.807) is 27.8 Å². The first-order valence-electron chi connectivity index (χ1n) is 10.6. The predicted octanol–water partition coefficient (Wildman–Crippen LogP) is 4.54. The van der Waals surface area contributed by atoms with Crippen molar-refractivity contribution in [3.63, 3.8) is 0 Å². The Kier molecular flexibility index (Phi) is 5.71. The summed E-state index contributed by atoms with van der Waals surface area (Å²) in [5.41, 5.74) is 3.91. The number of aryl methyl sites for hydroxylation is 2. The van der Waals surface area contributed by atoms with Gasteiger partial charge in [0, 0.05) is 37.4 Å². The molecule has 0 bridgehead atoms. The van der Waals surface area contributed by atoms with E-state index in [2.05, 4.69) is 10.4 Å². The van der Waals surface area contributed by atoms with E-state index in [4.69, 9.17) is 16.6 Å². The smallest absolute Gasteiger partial charge is 0.256 e. The molecule has 2 heterocycles. The number of hydrogen-bond donors (Lipinski definition) is 1. The number of aromatic nitrogens is 3. The summed E-state index contributed by atoms with van der Waals surface area (Å²) in [6, 6.07) is 6.86. The average molecular weight is 440 g/mol. The molecule has 31 heavy (non-hydrogen) atoms. The number of nitrogens with one attached hydrogen (secondary N) is 1. The third-order valence-corrected chi connectivity index (χ3v) is 6.05. The van der Waals surface area contributed by atoms with Crippen LogP contribution in [-0.4, -0.2) is 44.6 Å². The lowest BCUT2D eigenvalue weighted by atomic mass is 10.1. The van der Waals surface area contributed by atoms with Crippen LogP contribution in [0.15, 0.2) is 24.3 Å². The zero-order valence-corrected chi connectivity index (χ0v) is 19.0. The Balaban J connectivity index is 1.65. The van der Waals surface area contributed by atoms with Crippen LogP contribution in [0.1, 0.15) is 64.7 Å². The molecular formula is C23H26ClN5O2. The minimum atomic E-state index is -0.246. The quantitative estimate of drug-likeness (QED) is 0.611. The number of rotatable bonds is 6. The van der Waals surface area contributed by atoms with Crippen molar-refractivity contribution in [3.05, 3.63) is 51.8 Å². The van der Waals surface area contributed by atoms with Crippen LogP contribution < -0.4 is 5.32 Å². The number of amides is 2. The van der Waals surface area contributed by atoms with Crippen molar-refractivity contribution in [2.75, 3.05) is 18.4 Å². The number of halogens is 1. The number of benzene rings is 1. The molecule has 3 aromatic rings. The van der Waals surface area contributed by atoms with Gasteiger partial charge in [0.2, 0.25) is 0 Å². The fourth-order valence-corrected chi connectivity index (χ4v) is 4.14. The monoisotopic (exact) mass is 439 g/mol. The van der Waals surface area contributed by atoms with Gasteiger partial charge < -0.3 is 10.2 Å². The highest BCUT2D eigenvalue weighted by atomic mass is 35.5. The fraction of sp³-hybridized carbons (Fsp3) is 0.391. The Hall–Kier alpha value is -2.93. The van der Waals surface area contributed by atoms with Crippen molar-refractivity contribution in [1.29, 1.82) is 0 Å². The zero-order chi connectivity index (χ0) is 22.3. The van der Waals surface area contributed by atoms with E-state index >= 15 is 0 Å². The van der Waals surface area contributed by atoms with Crippen molar-refractivity contribution < 1.29 is 9.59 Å². The molecule has 0 spiro atoms. The molecule has 0 saturated heterocycles. The maximum Gasteiger partial charge on any atom is 0.256 e. The van der Waals surface area contributed by atoms with Gasteiger partial charge in [-0.15, -0.1) is 0 Å². The molecule has 2 amide bonds. The third-order valence-electron chi connectivity index (χ3n) is 5.74. The molecule has 4 rings (SSSR count). The molecule has 1 saturated carbocycles. The SMILES string of the molecule is CCN(CC)C(=O)c1ccc(NC(=O)c2cc(C3CC3)nc3c2c(C)nn3C)cc1Cl. The number of pyridine rings is 1. The summed E-state index contributed by atoms with van der Waals surface area (Å²) in [6.45, 7) is 6.94. The largest absolute Gasteiger partial charge is 0.339 e. The standard InChI is InChI=1S/C23H26ClN5O2/c1-5-29(6-2)23(31)16-10-9-15(11-18(16)24)25-22(30)17-12-19(14-7-8-14)26-21-20(17)13(3)27-28(21)4/h9-12,14H,5-8H2,1-4H3,(H,25,30). The van der Waals surface area contributed by atoms with Crippen LogP contribution in [0.4, 0.5) is 5.69 Å². The molecular weight excluding hydrogens is 414 g/mol. The van der Waals surface area contributed by atoms with E-state index in [9.17, 15) is 9.59 Å². The molecule has 1 N–H and O–H groups in total. The third kappa shape index (κ3) is 4.02. The second kappa shape index (κ2) is 8.30. The van der Waals surface area contributed by atoms with Gasteiger partial charge in [-0.1, -0.05) is 11.6 Å². The number of carbonyl (C=O) groups is 2. The molecule has 162 valence electrons. The summed E-state index contributed by atoms with van der Waals surface area (Å²) in [7, 11) is 1.84. The highest BCUT2D eigenvalue weighted by Gasteiger charge is 2.28. The van der Waals surface area contributed by atoms with Gasteiger partial charge in [-0.05, 0) is 57.9 Å². The summed E-state index contributed by atoms with van der Waals surface area (Å²) in [4.78, 5) is 32.3. The van der Waals surface area contributed by atoms with Crippen LogP contribution in [0.3, 0.4) is 0 Å². The predicted molar refractivity (Wildman–Crippen MR) is 122 cm³/mol. The summed E-state index contributed by atoms with van der Waals surface area (Å²) < 4.78 is 1.72. The highest BCUT2D eigenvalue weighted by molar-refractivity contribution is 6.34. The van der Waals surface area contributed by atoms with E-state index in [1.165, 1.54) is 0 Å². The van der Waals surface area contributed by atoms with Gasteiger partial charge in [-0.25, -0.2) is 4.98 Å². The van der Waals surface area contributed by atoms with Crippen LogP contribution in [-0.2, 0) is 7.05 Å². The van der Waals surface area contributed by atoms with Gasteiger partial charge in [-0.3, -0.25) is 14.3 Å². The van der Waals surface area contributed by atoms with Crippen molar-refractivity contribution in [1.82, 2.24) is 19.7 Å². The first kappa shape index (κ1) is 21.3. The molecule has 7 nitrogen and oxygen atoms in total. The van der Waals surface area contributed by atoms with E-state index in [-0.39, 0.29) is 11.8 Å². The van der Waals surface area contributed by atoms with Gasteiger partial charge in [0.15, 0.2) is 5.65 Å². The molecule has 8 heteroatoms. The van der Waals surface area contributed by atoms with E-state index in [0.717, 1.165) is 29.6 Å². The maximum atomic E-state index is 13.2. The van der Waals surface area contributed by atoms with Crippen LogP contribution in [0.5, 0.6) is 0 Å². The summed E-state index contributed by atoms with van der Waals surface area (Å²) in [5.74, 6) is 0.0408. The number of fused-ring (bicyclic) bond motifs is 1. The highest BCUT2D eigenvalue weighted by Crippen LogP contribution is 2.40. The van der Waals surface area contributed by atoms with Crippen LogP contribution in [0.25, 0.3) is 11.0 Å². The van der Waals surface area contributed by atoms with Crippen LogP contribution >= 0.6 is 11.6 Å². The van der Waals surface area contributed by atoms with Gasteiger partial charge in [0.25, 0.3) is 11.8 Å². The van der Waals surface area contributed by atoms with Gasteiger partial charge in [0.1, 0.15) is 0 Å². The second-order valence-electron chi connectivity index (χ2n) is 7.90. The van der Waals surface area contributed by atoms with Crippen LogP contribution in [0, 0.1) is 6.92 Å².